The number of aryl methyl sites for hydroxylation is 2. The maximum absolute atomic E-state index is 12.2. The zero-order valence-electron chi connectivity index (χ0n) is 13.7. The molecule has 0 fully saturated rings. The number of nitrogens with one attached hydrogen (secondary N) is 1. The van der Waals surface area contributed by atoms with E-state index >= 15 is 0 Å². The van der Waals surface area contributed by atoms with Crippen molar-refractivity contribution in [1.29, 1.82) is 0 Å². The summed E-state index contributed by atoms with van der Waals surface area (Å²) in [4.78, 5) is 23.5. The molecule has 3 rings (SSSR count). The van der Waals surface area contributed by atoms with Crippen LogP contribution in [0.1, 0.15) is 24.5 Å². The van der Waals surface area contributed by atoms with Gasteiger partial charge in [0.1, 0.15) is 11.5 Å². The van der Waals surface area contributed by atoms with E-state index in [2.05, 4.69) is 5.32 Å². The van der Waals surface area contributed by atoms with E-state index in [1.54, 1.807) is 25.1 Å². The highest BCUT2D eigenvalue weighted by atomic mass is 16.6. The van der Waals surface area contributed by atoms with Crippen molar-refractivity contribution in [2.75, 3.05) is 5.32 Å². The number of fused-ring (bicyclic) bond motifs is 1. The maximum atomic E-state index is 12.2. The summed E-state index contributed by atoms with van der Waals surface area (Å²) in [6, 6.07) is 12.7. The summed E-state index contributed by atoms with van der Waals surface area (Å²) in [6.45, 7) is 3.64. The first-order chi connectivity index (χ1) is 11.5. The molecule has 1 aliphatic heterocycles. The van der Waals surface area contributed by atoms with Crippen LogP contribution < -0.4 is 14.8 Å². The van der Waals surface area contributed by atoms with Gasteiger partial charge < -0.3 is 14.8 Å². The summed E-state index contributed by atoms with van der Waals surface area (Å²) in [7, 11) is 0. The van der Waals surface area contributed by atoms with Gasteiger partial charge in [0.25, 0.3) is 0 Å². The van der Waals surface area contributed by atoms with Crippen molar-refractivity contribution in [2.24, 2.45) is 0 Å². The number of anilines is 1. The predicted octanol–water partition coefficient (Wildman–Crippen LogP) is 3.25. The van der Waals surface area contributed by atoms with Crippen molar-refractivity contribution < 1.29 is 19.1 Å². The van der Waals surface area contributed by atoms with Gasteiger partial charge in [-0.05, 0) is 56.2 Å². The molecule has 1 amide bonds. The average Bonchev–Trinajstić information content (AvgIpc) is 2.57. The fourth-order valence-electron chi connectivity index (χ4n) is 2.49. The summed E-state index contributed by atoms with van der Waals surface area (Å²) in [6.07, 6.45) is 0.364. The molecule has 5 nitrogen and oxygen atoms in total. The molecule has 1 aliphatic rings. The van der Waals surface area contributed by atoms with Crippen LogP contribution in [0.25, 0.3) is 0 Å². The lowest BCUT2D eigenvalue weighted by Gasteiger charge is -2.18. The van der Waals surface area contributed by atoms with Crippen molar-refractivity contribution in [3.05, 3.63) is 53.6 Å². The lowest BCUT2D eigenvalue weighted by atomic mass is 10.0. The van der Waals surface area contributed by atoms with Gasteiger partial charge in [-0.3, -0.25) is 4.79 Å². The lowest BCUT2D eigenvalue weighted by molar-refractivity contribution is -0.141. The quantitative estimate of drug-likeness (QED) is 0.692. The third-order valence-electron chi connectivity index (χ3n) is 3.86. The minimum Gasteiger partial charge on any atom is -0.479 e. The Hall–Kier alpha value is -2.82. The molecule has 1 N–H and O–H groups in total. The van der Waals surface area contributed by atoms with Crippen LogP contribution in [0.5, 0.6) is 11.5 Å². The molecule has 0 saturated carbocycles. The third-order valence-corrected chi connectivity index (χ3v) is 3.86. The number of hydrogen-bond donors (Lipinski definition) is 1. The van der Waals surface area contributed by atoms with Gasteiger partial charge in [-0.25, -0.2) is 4.79 Å². The predicted molar refractivity (Wildman–Crippen MR) is 90.3 cm³/mol. The van der Waals surface area contributed by atoms with Crippen molar-refractivity contribution in [2.45, 2.75) is 32.8 Å². The molecule has 2 aromatic rings. The first-order valence-electron chi connectivity index (χ1n) is 7.89. The highest BCUT2D eigenvalue weighted by Gasteiger charge is 2.19. The van der Waals surface area contributed by atoms with Gasteiger partial charge in [-0.2, -0.15) is 0 Å². The SMILES string of the molecule is Cc1ccc(O[C@H](C)C(=O)Oc2ccc3c(c2)CCC(=O)N3)cc1. The lowest BCUT2D eigenvalue weighted by Crippen LogP contribution is -2.28. The Labute approximate surface area is 140 Å². The van der Waals surface area contributed by atoms with E-state index in [0.29, 0.717) is 24.3 Å². The first-order valence-corrected chi connectivity index (χ1v) is 7.89. The smallest absolute Gasteiger partial charge is 0.352 e. The van der Waals surface area contributed by atoms with Gasteiger partial charge >= 0.3 is 5.97 Å². The third kappa shape index (κ3) is 3.74. The van der Waals surface area contributed by atoms with Gasteiger partial charge in [-0.15, -0.1) is 0 Å². The number of rotatable bonds is 4. The molecule has 1 heterocycles. The summed E-state index contributed by atoms with van der Waals surface area (Å²) in [5, 5.41) is 2.80. The highest BCUT2D eigenvalue weighted by molar-refractivity contribution is 5.94. The Morgan fingerprint density at radius 3 is 2.54 bits per heavy atom. The van der Waals surface area contributed by atoms with Crippen LogP contribution in [0.4, 0.5) is 5.69 Å². The molecule has 0 bridgehead atoms. The van der Waals surface area contributed by atoms with Crippen molar-refractivity contribution in [3.8, 4) is 11.5 Å². The molecule has 0 spiro atoms. The molecule has 0 aromatic heterocycles. The Balaban J connectivity index is 1.63. The van der Waals surface area contributed by atoms with Crippen LogP contribution in [0.15, 0.2) is 42.5 Å². The van der Waals surface area contributed by atoms with Gasteiger partial charge in [0, 0.05) is 12.1 Å². The second kappa shape index (κ2) is 6.74. The van der Waals surface area contributed by atoms with Crippen LogP contribution in [0.2, 0.25) is 0 Å². The number of esters is 1. The Morgan fingerprint density at radius 2 is 1.79 bits per heavy atom. The van der Waals surface area contributed by atoms with Crippen LogP contribution in [0.3, 0.4) is 0 Å². The summed E-state index contributed by atoms with van der Waals surface area (Å²) < 4.78 is 11.0. The number of carbonyl (C=O) groups excluding carboxylic acids is 2. The van der Waals surface area contributed by atoms with Crippen molar-refractivity contribution in [1.82, 2.24) is 0 Å². The summed E-state index contributed by atoms with van der Waals surface area (Å²) >= 11 is 0. The summed E-state index contributed by atoms with van der Waals surface area (Å²) in [5.74, 6) is 0.621. The largest absolute Gasteiger partial charge is 0.479 e. The van der Waals surface area contributed by atoms with Crippen LogP contribution in [-0.2, 0) is 16.0 Å². The second-order valence-corrected chi connectivity index (χ2v) is 5.86. The molecular formula is C19H19NO4. The normalized spacial score (nSPS) is 14.3. The minimum absolute atomic E-state index is 0.00682. The Kier molecular flexibility index (Phi) is 4.51. The second-order valence-electron chi connectivity index (χ2n) is 5.86. The molecule has 1 atom stereocenters. The van der Waals surface area contributed by atoms with E-state index in [1.165, 1.54) is 0 Å². The van der Waals surface area contributed by atoms with Gasteiger partial charge in [0.2, 0.25) is 5.91 Å². The number of amides is 1. The molecule has 124 valence electrons. The minimum atomic E-state index is -0.719. The molecule has 0 aliphatic carbocycles. The Morgan fingerprint density at radius 1 is 1.08 bits per heavy atom. The average molecular weight is 325 g/mol. The summed E-state index contributed by atoms with van der Waals surface area (Å²) in [5.41, 5.74) is 2.86. The number of carbonyl (C=O) groups is 2. The maximum Gasteiger partial charge on any atom is 0.352 e. The topological polar surface area (TPSA) is 64.6 Å². The van der Waals surface area contributed by atoms with E-state index in [-0.39, 0.29) is 5.91 Å². The van der Waals surface area contributed by atoms with E-state index in [0.717, 1.165) is 16.8 Å². The Bertz CT molecular complexity index is 767. The first kappa shape index (κ1) is 16.1. The van der Waals surface area contributed by atoms with Gasteiger partial charge in [0.15, 0.2) is 6.10 Å². The van der Waals surface area contributed by atoms with Crippen LogP contribution in [-0.4, -0.2) is 18.0 Å². The molecule has 24 heavy (non-hydrogen) atoms. The number of ether oxygens (including phenoxy) is 2. The zero-order valence-corrected chi connectivity index (χ0v) is 13.7. The number of benzene rings is 2. The van der Waals surface area contributed by atoms with E-state index in [4.69, 9.17) is 9.47 Å². The number of hydrogen-bond acceptors (Lipinski definition) is 4. The van der Waals surface area contributed by atoms with Crippen LogP contribution in [0, 0.1) is 6.92 Å². The van der Waals surface area contributed by atoms with E-state index < -0.39 is 12.1 Å². The fourth-order valence-corrected chi connectivity index (χ4v) is 2.49. The fraction of sp³-hybridized carbons (Fsp3) is 0.263. The molecule has 2 aromatic carbocycles. The van der Waals surface area contributed by atoms with Gasteiger partial charge in [-0.1, -0.05) is 17.7 Å². The van der Waals surface area contributed by atoms with E-state index in [9.17, 15) is 9.59 Å². The van der Waals surface area contributed by atoms with Gasteiger partial charge in [0.05, 0.1) is 0 Å². The van der Waals surface area contributed by atoms with Crippen molar-refractivity contribution in [3.63, 3.8) is 0 Å². The van der Waals surface area contributed by atoms with E-state index in [1.807, 2.05) is 31.2 Å². The molecule has 5 heteroatoms. The highest BCUT2D eigenvalue weighted by Crippen LogP contribution is 2.27. The zero-order chi connectivity index (χ0) is 17.1. The standard InChI is InChI=1S/C19H19NO4/c1-12-3-6-15(7-4-12)23-13(2)19(22)24-16-8-9-17-14(11-16)5-10-18(21)20-17/h3-4,6-9,11,13H,5,10H2,1-2H3,(H,20,21)/t13-/m1/s1. The molecule has 0 unspecified atom stereocenters. The van der Waals surface area contributed by atoms with Crippen molar-refractivity contribution >= 4 is 17.6 Å². The van der Waals surface area contributed by atoms with Crippen LogP contribution >= 0.6 is 0 Å². The monoisotopic (exact) mass is 325 g/mol. The molecule has 0 radical (unpaired) electrons. The molecule has 0 saturated heterocycles. The molecular weight excluding hydrogens is 306 g/mol.